The van der Waals surface area contributed by atoms with E-state index in [-0.39, 0.29) is 0 Å². The number of phenols is 2. The number of aliphatic hydroxyl groups is 4. The number of hydrogen-bond donors (Lipinski definition) is 8. The average Bonchev–Trinajstić information content (AvgIpc) is 2.78. The van der Waals surface area contributed by atoms with Gasteiger partial charge in [0.05, 0.1) is 23.3 Å². The predicted molar refractivity (Wildman–Crippen MR) is 108 cm³/mol. The molecule has 8 N–H and O–H groups in total. The van der Waals surface area contributed by atoms with Crippen molar-refractivity contribution in [2.75, 3.05) is 6.61 Å². The molecule has 0 aliphatic carbocycles. The van der Waals surface area contributed by atoms with E-state index in [1.54, 1.807) is 0 Å². The average molecular weight is 480 g/mol. The molecule has 1 heterocycles. The quantitative estimate of drug-likeness (QED) is 0.220. The van der Waals surface area contributed by atoms with Gasteiger partial charge in [-0.05, 0) is 24.3 Å². The molecule has 2 aromatic carbocycles. The Balaban J connectivity index is 2.07. The third-order valence-corrected chi connectivity index (χ3v) is 5.14. The Kier molecular flexibility index (Phi) is 7.04. The summed E-state index contributed by atoms with van der Waals surface area (Å²) in [6.45, 7) is -0.762. The number of ketones is 1. The number of phenolic OH excluding ortho intramolecular Hbond substituents is 2. The Labute approximate surface area is 190 Å². The van der Waals surface area contributed by atoms with Crippen LogP contribution in [0.4, 0.5) is 0 Å². The first-order valence-electron chi connectivity index (χ1n) is 9.65. The lowest BCUT2D eigenvalue weighted by molar-refractivity contribution is -0.277. The van der Waals surface area contributed by atoms with Crippen molar-refractivity contribution >= 4 is 17.7 Å². The maximum atomic E-state index is 13.2. The third kappa shape index (κ3) is 4.50. The molecule has 13 nitrogen and oxygen atoms in total. The van der Waals surface area contributed by atoms with Gasteiger partial charge in [0, 0.05) is 0 Å². The Bertz CT molecular complexity index is 1130. The molecule has 1 aliphatic heterocycles. The van der Waals surface area contributed by atoms with Gasteiger partial charge < -0.3 is 50.3 Å². The van der Waals surface area contributed by atoms with Crippen LogP contribution in [-0.2, 0) is 4.74 Å². The molecule has 3 rings (SSSR count). The highest BCUT2D eigenvalue weighted by Gasteiger charge is 2.45. The molecule has 1 fully saturated rings. The van der Waals surface area contributed by atoms with Gasteiger partial charge in [-0.1, -0.05) is 6.07 Å². The second kappa shape index (κ2) is 9.62. The summed E-state index contributed by atoms with van der Waals surface area (Å²) in [6.07, 6.45) is -8.44. The summed E-state index contributed by atoms with van der Waals surface area (Å²) in [5.41, 5.74) is -3.01. The molecule has 0 bridgehead atoms. The summed E-state index contributed by atoms with van der Waals surface area (Å²) in [5.74, 6) is -6.79. The van der Waals surface area contributed by atoms with Crippen LogP contribution in [0.15, 0.2) is 30.3 Å². The maximum Gasteiger partial charge on any atom is 0.336 e. The lowest BCUT2D eigenvalue weighted by Crippen LogP contribution is -2.60. The highest BCUT2D eigenvalue weighted by molar-refractivity contribution is 6.18. The number of carbonyl (C=O) groups is 3. The summed E-state index contributed by atoms with van der Waals surface area (Å²) in [4.78, 5) is 36.1. The minimum Gasteiger partial charge on any atom is -0.507 e. The van der Waals surface area contributed by atoms with Crippen molar-refractivity contribution in [3.63, 3.8) is 0 Å². The lowest BCUT2D eigenvalue weighted by Gasteiger charge is -2.39. The van der Waals surface area contributed by atoms with Crippen molar-refractivity contribution in [3.05, 3.63) is 52.6 Å². The standard InChI is InChI=1S/C21H20O13/c22-6-12-15(25)17(27)18(28)21(34-12)33-11-3-1-2-9(23)14(11)16(26)13-8(20(31)32)4-7(19(29)30)5-10(13)24/h1-5,12,15,17-18,21-25,27-28H,6H2,(H,29,30)(H,31,32). The summed E-state index contributed by atoms with van der Waals surface area (Å²) in [5, 5.41) is 78.4. The first-order chi connectivity index (χ1) is 16.0. The van der Waals surface area contributed by atoms with Crippen LogP contribution < -0.4 is 4.74 Å². The van der Waals surface area contributed by atoms with Crippen LogP contribution in [0.3, 0.4) is 0 Å². The van der Waals surface area contributed by atoms with Gasteiger partial charge in [-0.3, -0.25) is 4.79 Å². The summed E-state index contributed by atoms with van der Waals surface area (Å²) in [6, 6.07) is 4.68. The summed E-state index contributed by atoms with van der Waals surface area (Å²) in [7, 11) is 0. The molecule has 2 aromatic rings. The van der Waals surface area contributed by atoms with E-state index in [0.29, 0.717) is 12.1 Å². The van der Waals surface area contributed by atoms with Crippen LogP contribution in [-0.4, -0.2) is 95.9 Å². The van der Waals surface area contributed by atoms with E-state index in [1.165, 1.54) is 6.07 Å². The fraction of sp³-hybridized carbons (Fsp3) is 0.286. The maximum absolute atomic E-state index is 13.2. The smallest absolute Gasteiger partial charge is 0.336 e. The summed E-state index contributed by atoms with van der Waals surface area (Å²) >= 11 is 0. The van der Waals surface area contributed by atoms with Gasteiger partial charge in [0.15, 0.2) is 0 Å². The van der Waals surface area contributed by atoms with Crippen LogP contribution in [0.5, 0.6) is 17.2 Å². The van der Waals surface area contributed by atoms with Crippen LogP contribution in [0.1, 0.15) is 36.6 Å². The summed E-state index contributed by atoms with van der Waals surface area (Å²) < 4.78 is 10.6. The first kappa shape index (κ1) is 24.9. The van der Waals surface area contributed by atoms with Crippen molar-refractivity contribution in [2.45, 2.75) is 30.7 Å². The number of aliphatic hydroxyl groups excluding tert-OH is 4. The third-order valence-electron chi connectivity index (χ3n) is 5.14. The van der Waals surface area contributed by atoms with Crippen LogP contribution in [0.2, 0.25) is 0 Å². The first-order valence-corrected chi connectivity index (χ1v) is 9.65. The number of aromatic hydroxyl groups is 2. The number of hydrogen-bond acceptors (Lipinski definition) is 11. The van der Waals surface area contributed by atoms with Crippen molar-refractivity contribution < 1.29 is 64.7 Å². The molecule has 5 unspecified atom stereocenters. The van der Waals surface area contributed by atoms with E-state index in [9.17, 15) is 50.1 Å². The second-order valence-corrected chi connectivity index (χ2v) is 7.32. The fourth-order valence-electron chi connectivity index (χ4n) is 3.42. The molecule has 34 heavy (non-hydrogen) atoms. The molecule has 0 radical (unpaired) electrons. The number of carboxylic acids is 2. The SMILES string of the molecule is O=C(O)c1cc(O)c(C(=O)c2c(O)cccc2OC2OC(CO)C(O)C(O)C2O)c(C(=O)O)c1. The number of ether oxygens (including phenoxy) is 2. The predicted octanol–water partition coefficient (Wildman–Crippen LogP) is -1.10. The molecule has 0 spiro atoms. The molecule has 0 aromatic heterocycles. The van der Waals surface area contributed by atoms with Crippen molar-refractivity contribution in [2.24, 2.45) is 0 Å². The van der Waals surface area contributed by atoms with E-state index >= 15 is 0 Å². The molecule has 0 saturated carbocycles. The Morgan fingerprint density at radius 3 is 2.15 bits per heavy atom. The number of carboxylic acid groups (broad SMARTS) is 2. The fourth-order valence-corrected chi connectivity index (χ4v) is 3.42. The van der Waals surface area contributed by atoms with Crippen LogP contribution in [0, 0.1) is 0 Å². The molecule has 1 aliphatic rings. The normalized spacial score (nSPS) is 24.4. The minimum absolute atomic E-state index is 0.479. The monoisotopic (exact) mass is 480 g/mol. The molecular formula is C21H20O13. The minimum atomic E-state index is -1.86. The highest BCUT2D eigenvalue weighted by Crippen LogP contribution is 2.36. The van der Waals surface area contributed by atoms with Crippen LogP contribution in [0.25, 0.3) is 0 Å². The zero-order valence-corrected chi connectivity index (χ0v) is 17.1. The largest absolute Gasteiger partial charge is 0.507 e. The van der Waals surface area contributed by atoms with E-state index in [4.69, 9.17) is 14.6 Å². The second-order valence-electron chi connectivity index (χ2n) is 7.32. The van der Waals surface area contributed by atoms with Gasteiger partial charge in [-0.2, -0.15) is 0 Å². The molecule has 5 atom stereocenters. The van der Waals surface area contributed by atoms with Gasteiger partial charge >= 0.3 is 11.9 Å². The van der Waals surface area contributed by atoms with Crippen molar-refractivity contribution in [1.29, 1.82) is 0 Å². The van der Waals surface area contributed by atoms with E-state index in [1.807, 2.05) is 0 Å². The number of aromatic carboxylic acids is 2. The van der Waals surface area contributed by atoms with Crippen molar-refractivity contribution in [1.82, 2.24) is 0 Å². The number of benzene rings is 2. The van der Waals surface area contributed by atoms with Gasteiger partial charge in [-0.25, -0.2) is 9.59 Å². The molecule has 13 heteroatoms. The van der Waals surface area contributed by atoms with Gasteiger partial charge in [0.25, 0.3) is 0 Å². The number of carbonyl (C=O) groups excluding carboxylic acids is 1. The highest BCUT2D eigenvalue weighted by atomic mass is 16.7. The Hall–Kier alpha value is -3.75. The molecule has 1 saturated heterocycles. The van der Waals surface area contributed by atoms with E-state index in [0.717, 1.165) is 12.1 Å². The van der Waals surface area contributed by atoms with Gasteiger partial charge in [0.2, 0.25) is 12.1 Å². The van der Waals surface area contributed by atoms with Gasteiger partial charge in [0.1, 0.15) is 47.2 Å². The van der Waals surface area contributed by atoms with Crippen molar-refractivity contribution in [3.8, 4) is 17.2 Å². The molecule has 182 valence electrons. The van der Waals surface area contributed by atoms with E-state index in [2.05, 4.69) is 0 Å². The lowest BCUT2D eigenvalue weighted by atomic mass is 9.94. The topological polar surface area (TPSA) is 232 Å². The molecule has 0 amide bonds. The van der Waals surface area contributed by atoms with Gasteiger partial charge in [-0.15, -0.1) is 0 Å². The van der Waals surface area contributed by atoms with E-state index < -0.39 is 94.5 Å². The van der Waals surface area contributed by atoms with Crippen LogP contribution >= 0.6 is 0 Å². The Morgan fingerprint density at radius 2 is 1.56 bits per heavy atom. The molecular weight excluding hydrogens is 460 g/mol. The zero-order chi connectivity index (χ0) is 25.3. The number of rotatable bonds is 7. The Morgan fingerprint density at radius 1 is 0.882 bits per heavy atom. The zero-order valence-electron chi connectivity index (χ0n) is 17.1.